The van der Waals surface area contributed by atoms with Crippen LogP contribution in [0, 0.1) is 11.8 Å². The van der Waals surface area contributed by atoms with Crippen molar-refractivity contribution in [1.82, 2.24) is 5.32 Å². The Kier molecular flexibility index (Phi) is 5.72. The third kappa shape index (κ3) is 3.89. The van der Waals surface area contributed by atoms with Crippen molar-refractivity contribution >= 4 is 0 Å². The highest BCUT2D eigenvalue weighted by Crippen LogP contribution is 2.31. The van der Waals surface area contributed by atoms with Gasteiger partial charge in [-0.3, -0.25) is 0 Å². The standard InChI is InChI=1S/C17H27NO2/c1-4-19-16-7-5-6-8-17(16)20-12-11-18-15-10-9-13(2)14(15)3/h5-8,13-15,18H,4,9-12H2,1-3H3. The van der Waals surface area contributed by atoms with Gasteiger partial charge in [0.1, 0.15) is 6.61 Å². The summed E-state index contributed by atoms with van der Waals surface area (Å²) in [5.41, 5.74) is 0. The summed E-state index contributed by atoms with van der Waals surface area (Å²) in [7, 11) is 0. The lowest BCUT2D eigenvalue weighted by atomic mass is 9.98. The molecule has 1 aliphatic rings. The van der Waals surface area contributed by atoms with E-state index in [1.807, 2.05) is 31.2 Å². The molecule has 1 fully saturated rings. The zero-order valence-corrected chi connectivity index (χ0v) is 12.9. The quantitative estimate of drug-likeness (QED) is 0.774. The summed E-state index contributed by atoms with van der Waals surface area (Å²) in [6.07, 6.45) is 2.63. The number of nitrogens with one attached hydrogen (secondary N) is 1. The maximum absolute atomic E-state index is 5.82. The Balaban J connectivity index is 1.73. The molecular weight excluding hydrogens is 250 g/mol. The summed E-state index contributed by atoms with van der Waals surface area (Å²) in [6, 6.07) is 8.51. The summed E-state index contributed by atoms with van der Waals surface area (Å²) in [5.74, 6) is 3.28. The average Bonchev–Trinajstić information content (AvgIpc) is 2.77. The Morgan fingerprint density at radius 1 is 1.10 bits per heavy atom. The fourth-order valence-electron chi connectivity index (χ4n) is 2.90. The smallest absolute Gasteiger partial charge is 0.161 e. The first-order valence-corrected chi connectivity index (χ1v) is 7.80. The Morgan fingerprint density at radius 2 is 1.80 bits per heavy atom. The molecule has 0 radical (unpaired) electrons. The van der Waals surface area contributed by atoms with Crippen molar-refractivity contribution in [3.8, 4) is 11.5 Å². The predicted octanol–water partition coefficient (Wildman–Crippen LogP) is 3.49. The molecule has 112 valence electrons. The number of hydrogen-bond donors (Lipinski definition) is 1. The molecule has 1 saturated carbocycles. The van der Waals surface area contributed by atoms with E-state index in [0.717, 1.165) is 29.9 Å². The van der Waals surface area contributed by atoms with Crippen LogP contribution in [-0.4, -0.2) is 25.8 Å². The number of para-hydroxylation sites is 2. The Labute approximate surface area is 122 Å². The molecule has 1 aromatic rings. The number of benzene rings is 1. The van der Waals surface area contributed by atoms with Crippen LogP contribution in [-0.2, 0) is 0 Å². The second-order valence-electron chi connectivity index (χ2n) is 5.70. The fraction of sp³-hybridized carbons (Fsp3) is 0.647. The molecule has 0 heterocycles. The van der Waals surface area contributed by atoms with Crippen molar-refractivity contribution in [2.24, 2.45) is 11.8 Å². The normalized spacial score (nSPS) is 25.6. The maximum atomic E-state index is 5.82. The Hall–Kier alpha value is -1.22. The van der Waals surface area contributed by atoms with Gasteiger partial charge >= 0.3 is 0 Å². The van der Waals surface area contributed by atoms with Crippen LogP contribution < -0.4 is 14.8 Å². The van der Waals surface area contributed by atoms with Crippen LogP contribution in [0.25, 0.3) is 0 Å². The van der Waals surface area contributed by atoms with Crippen molar-refractivity contribution < 1.29 is 9.47 Å². The largest absolute Gasteiger partial charge is 0.490 e. The first-order chi connectivity index (χ1) is 9.72. The highest BCUT2D eigenvalue weighted by atomic mass is 16.5. The summed E-state index contributed by atoms with van der Waals surface area (Å²) in [4.78, 5) is 0. The topological polar surface area (TPSA) is 30.5 Å². The summed E-state index contributed by atoms with van der Waals surface area (Å²) >= 11 is 0. The number of hydrogen-bond acceptors (Lipinski definition) is 3. The van der Waals surface area contributed by atoms with E-state index in [4.69, 9.17) is 9.47 Å². The first-order valence-electron chi connectivity index (χ1n) is 7.80. The van der Waals surface area contributed by atoms with Gasteiger partial charge in [-0.15, -0.1) is 0 Å². The molecule has 0 aromatic heterocycles. The highest BCUT2D eigenvalue weighted by Gasteiger charge is 2.28. The second kappa shape index (κ2) is 7.53. The molecule has 3 nitrogen and oxygen atoms in total. The van der Waals surface area contributed by atoms with Gasteiger partial charge in [-0.05, 0) is 43.7 Å². The molecule has 2 rings (SSSR count). The Bertz CT molecular complexity index is 408. The molecule has 0 bridgehead atoms. The van der Waals surface area contributed by atoms with E-state index < -0.39 is 0 Å². The monoisotopic (exact) mass is 277 g/mol. The highest BCUT2D eigenvalue weighted by molar-refractivity contribution is 5.39. The molecule has 0 amide bonds. The van der Waals surface area contributed by atoms with Gasteiger partial charge in [0.2, 0.25) is 0 Å². The minimum Gasteiger partial charge on any atom is -0.490 e. The minimum absolute atomic E-state index is 0.649. The van der Waals surface area contributed by atoms with Gasteiger partial charge in [-0.25, -0.2) is 0 Å². The van der Waals surface area contributed by atoms with Crippen molar-refractivity contribution in [2.45, 2.75) is 39.7 Å². The first kappa shape index (κ1) is 15.2. The third-order valence-corrected chi connectivity index (χ3v) is 4.38. The van der Waals surface area contributed by atoms with E-state index in [0.29, 0.717) is 19.3 Å². The molecule has 3 unspecified atom stereocenters. The molecule has 1 aliphatic carbocycles. The zero-order valence-electron chi connectivity index (χ0n) is 12.9. The van der Waals surface area contributed by atoms with E-state index in [1.165, 1.54) is 12.8 Å². The van der Waals surface area contributed by atoms with Crippen molar-refractivity contribution in [1.29, 1.82) is 0 Å². The van der Waals surface area contributed by atoms with Crippen LogP contribution in [0.1, 0.15) is 33.6 Å². The molecule has 1 aromatic carbocycles. The van der Waals surface area contributed by atoms with Crippen LogP contribution in [0.15, 0.2) is 24.3 Å². The van der Waals surface area contributed by atoms with E-state index in [-0.39, 0.29) is 0 Å². The van der Waals surface area contributed by atoms with Crippen LogP contribution in [0.4, 0.5) is 0 Å². The van der Waals surface area contributed by atoms with Gasteiger partial charge in [0, 0.05) is 12.6 Å². The minimum atomic E-state index is 0.649. The molecule has 0 saturated heterocycles. The van der Waals surface area contributed by atoms with Gasteiger partial charge < -0.3 is 14.8 Å². The van der Waals surface area contributed by atoms with Crippen LogP contribution in [0.5, 0.6) is 11.5 Å². The lowest BCUT2D eigenvalue weighted by Gasteiger charge is -2.20. The zero-order chi connectivity index (χ0) is 14.4. The van der Waals surface area contributed by atoms with Gasteiger partial charge in [0.15, 0.2) is 11.5 Å². The molecule has 0 spiro atoms. The second-order valence-corrected chi connectivity index (χ2v) is 5.70. The van der Waals surface area contributed by atoms with Crippen molar-refractivity contribution in [3.63, 3.8) is 0 Å². The van der Waals surface area contributed by atoms with E-state index in [2.05, 4.69) is 19.2 Å². The van der Waals surface area contributed by atoms with Crippen molar-refractivity contribution in [3.05, 3.63) is 24.3 Å². The molecule has 3 heteroatoms. The van der Waals surface area contributed by atoms with Gasteiger partial charge in [-0.1, -0.05) is 26.0 Å². The van der Waals surface area contributed by atoms with E-state index in [9.17, 15) is 0 Å². The summed E-state index contributed by atoms with van der Waals surface area (Å²) in [5, 5.41) is 3.62. The third-order valence-electron chi connectivity index (χ3n) is 4.38. The molecule has 0 aliphatic heterocycles. The van der Waals surface area contributed by atoms with Crippen LogP contribution in [0.3, 0.4) is 0 Å². The summed E-state index contributed by atoms with van der Waals surface area (Å²) < 4.78 is 11.4. The fourth-order valence-corrected chi connectivity index (χ4v) is 2.90. The maximum Gasteiger partial charge on any atom is 0.161 e. The Morgan fingerprint density at radius 3 is 2.40 bits per heavy atom. The van der Waals surface area contributed by atoms with E-state index in [1.54, 1.807) is 0 Å². The number of ether oxygens (including phenoxy) is 2. The van der Waals surface area contributed by atoms with Crippen LogP contribution in [0.2, 0.25) is 0 Å². The lowest BCUT2D eigenvalue weighted by Crippen LogP contribution is -2.35. The molecule has 20 heavy (non-hydrogen) atoms. The van der Waals surface area contributed by atoms with Crippen molar-refractivity contribution in [2.75, 3.05) is 19.8 Å². The lowest BCUT2D eigenvalue weighted by molar-refractivity contribution is 0.265. The van der Waals surface area contributed by atoms with Gasteiger partial charge in [0.05, 0.1) is 6.61 Å². The van der Waals surface area contributed by atoms with Crippen LogP contribution >= 0.6 is 0 Å². The predicted molar refractivity (Wildman–Crippen MR) is 82.5 cm³/mol. The number of rotatable bonds is 7. The molecular formula is C17H27NO2. The molecule has 3 atom stereocenters. The van der Waals surface area contributed by atoms with Gasteiger partial charge in [0.25, 0.3) is 0 Å². The van der Waals surface area contributed by atoms with E-state index >= 15 is 0 Å². The summed E-state index contributed by atoms with van der Waals surface area (Å²) in [6.45, 7) is 8.92. The van der Waals surface area contributed by atoms with Gasteiger partial charge in [-0.2, -0.15) is 0 Å². The molecule has 1 N–H and O–H groups in total. The SMILES string of the molecule is CCOc1ccccc1OCCNC1CCC(C)C1C. The average molecular weight is 277 g/mol.